The molecule has 1 amide bonds. The summed E-state index contributed by atoms with van der Waals surface area (Å²) in [5, 5.41) is 6.21. The van der Waals surface area contributed by atoms with Crippen LogP contribution in [0.2, 0.25) is 0 Å². The Balaban J connectivity index is 1.71. The predicted octanol–water partition coefficient (Wildman–Crippen LogP) is 2.56. The van der Waals surface area contributed by atoms with E-state index in [2.05, 4.69) is 34.5 Å². The minimum atomic E-state index is -0.317. The number of carbonyl (C=O) groups is 1. The number of aromatic amines is 1. The first-order valence-corrected chi connectivity index (χ1v) is 8.20. The molecule has 1 aliphatic heterocycles. The fourth-order valence-electron chi connectivity index (χ4n) is 3.36. The van der Waals surface area contributed by atoms with Crippen molar-refractivity contribution < 1.29 is 4.79 Å². The molecule has 0 aliphatic carbocycles. The van der Waals surface area contributed by atoms with E-state index in [1.54, 1.807) is 4.90 Å². The van der Waals surface area contributed by atoms with Gasteiger partial charge in [0.2, 0.25) is 0 Å². The highest BCUT2D eigenvalue weighted by Crippen LogP contribution is 2.33. The van der Waals surface area contributed by atoms with Crippen LogP contribution in [0.1, 0.15) is 33.1 Å². The smallest absolute Gasteiger partial charge is 0.274 e. The van der Waals surface area contributed by atoms with Crippen LogP contribution >= 0.6 is 0 Å². The summed E-state index contributed by atoms with van der Waals surface area (Å²) in [6.45, 7) is 1.12. The Kier molecular flexibility index (Phi) is 3.90. The molecule has 0 bridgehead atoms. The number of nitrogens with one attached hydrogen (secondary N) is 1. The van der Waals surface area contributed by atoms with Gasteiger partial charge in [0.05, 0.1) is 0 Å². The molecular formula is C20H17N3O2. The summed E-state index contributed by atoms with van der Waals surface area (Å²) in [4.78, 5) is 25.8. The van der Waals surface area contributed by atoms with Crippen LogP contribution in [0.15, 0.2) is 71.5 Å². The second kappa shape index (κ2) is 6.36. The van der Waals surface area contributed by atoms with Crippen molar-refractivity contribution in [3.63, 3.8) is 0 Å². The first-order chi connectivity index (χ1) is 12.2. The van der Waals surface area contributed by atoms with Crippen LogP contribution in [0.4, 0.5) is 0 Å². The topological polar surface area (TPSA) is 66.1 Å². The lowest BCUT2D eigenvalue weighted by atomic mass is 9.84. The number of amides is 1. The predicted molar refractivity (Wildman–Crippen MR) is 94.3 cm³/mol. The SMILES string of the molecule is O=C(c1ccc(=O)[nH]n1)N1Cc2ccccc2[C@@H](c2ccccc2)C1. The number of benzene rings is 2. The Morgan fingerprint density at radius 3 is 2.52 bits per heavy atom. The molecule has 25 heavy (non-hydrogen) atoms. The summed E-state index contributed by atoms with van der Waals surface area (Å²) in [6, 6.07) is 21.2. The molecule has 0 saturated heterocycles. The van der Waals surface area contributed by atoms with Crippen LogP contribution in [0, 0.1) is 0 Å². The van der Waals surface area contributed by atoms with Gasteiger partial charge in [0.1, 0.15) is 5.69 Å². The summed E-state index contributed by atoms with van der Waals surface area (Å²) in [7, 11) is 0. The van der Waals surface area contributed by atoms with Crippen molar-refractivity contribution in [3.05, 3.63) is 99.5 Å². The minimum absolute atomic E-state index is 0.123. The first kappa shape index (κ1) is 15.3. The molecule has 0 spiro atoms. The molecule has 3 aromatic rings. The van der Waals surface area contributed by atoms with Gasteiger partial charge in [-0.05, 0) is 22.8 Å². The third-order valence-corrected chi connectivity index (χ3v) is 4.58. The molecular weight excluding hydrogens is 314 g/mol. The van der Waals surface area contributed by atoms with Gasteiger partial charge < -0.3 is 4.90 Å². The van der Waals surface area contributed by atoms with E-state index >= 15 is 0 Å². The van der Waals surface area contributed by atoms with Gasteiger partial charge in [-0.2, -0.15) is 5.10 Å². The monoisotopic (exact) mass is 331 g/mol. The van der Waals surface area contributed by atoms with Crippen molar-refractivity contribution >= 4 is 5.91 Å². The van der Waals surface area contributed by atoms with Gasteiger partial charge in [-0.1, -0.05) is 54.6 Å². The molecule has 0 saturated carbocycles. The van der Waals surface area contributed by atoms with Crippen molar-refractivity contribution in [3.8, 4) is 0 Å². The number of fused-ring (bicyclic) bond motifs is 1. The standard InChI is InChI=1S/C20H17N3O2/c24-19-11-10-18(21-22-19)20(25)23-12-15-8-4-5-9-16(15)17(13-23)14-6-2-1-3-7-14/h1-11,17H,12-13H2,(H,22,24)/t17-/m1/s1. The Labute approximate surface area is 144 Å². The normalized spacial score (nSPS) is 16.3. The van der Waals surface area contributed by atoms with E-state index in [-0.39, 0.29) is 23.1 Å². The van der Waals surface area contributed by atoms with E-state index < -0.39 is 0 Å². The molecule has 0 radical (unpaired) electrons. The summed E-state index contributed by atoms with van der Waals surface area (Å²) >= 11 is 0. The number of carbonyl (C=O) groups excluding carboxylic acids is 1. The quantitative estimate of drug-likeness (QED) is 0.785. The maximum atomic E-state index is 12.8. The zero-order valence-electron chi connectivity index (χ0n) is 13.6. The van der Waals surface area contributed by atoms with Gasteiger partial charge in [0.25, 0.3) is 11.5 Å². The van der Waals surface area contributed by atoms with Crippen molar-refractivity contribution in [1.29, 1.82) is 0 Å². The van der Waals surface area contributed by atoms with Crippen LogP contribution < -0.4 is 5.56 Å². The fraction of sp³-hybridized carbons (Fsp3) is 0.150. The third-order valence-electron chi connectivity index (χ3n) is 4.58. The lowest BCUT2D eigenvalue weighted by molar-refractivity contribution is 0.0717. The summed E-state index contributed by atoms with van der Waals surface area (Å²) in [5.41, 5.74) is 3.52. The van der Waals surface area contributed by atoms with Gasteiger partial charge in [-0.3, -0.25) is 9.59 Å². The van der Waals surface area contributed by atoms with Gasteiger partial charge in [-0.15, -0.1) is 0 Å². The highest BCUT2D eigenvalue weighted by molar-refractivity contribution is 5.92. The van der Waals surface area contributed by atoms with Gasteiger partial charge >= 0.3 is 0 Å². The first-order valence-electron chi connectivity index (χ1n) is 8.20. The summed E-state index contributed by atoms with van der Waals surface area (Å²) < 4.78 is 0. The molecule has 5 heteroatoms. The number of hydrogen-bond donors (Lipinski definition) is 1. The fourth-order valence-corrected chi connectivity index (χ4v) is 3.36. The maximum absolute atomic E-state index is 12.8. The Bertz CT molecular complexity index is 945. The molecule has 0 unspecified atom stereocenters. The molecule has 0 fully saturated rings. The van der Waals surface area contributed by atoms with Gasteiger partial charge in [0, 0.05) is 25.1 Å². The molecule has 5 nitrogen and oxygen atoms in total. The molecule has 2 heterocycles. The average Bonchev–Trinajstić information content (AvgIpc) is 2.68. The van der Waals surface area contributed by atoms with Crippen LogP contribution in [0.5, 0.6) is 0 Å². The Morgan fingerprint density at radius 2 is 1.76 bits per heavy atom. The van der Waals surface area contributed by atoms with E-state index in [4.69, 9.17) is 0 Å². The van der Waals surface area contributed by atoms with E-state index in [0.29, 0.717) is 13.1 Å². The zero-order chi connectivity index (χ0) is 17.2. The van der Waals surface area contributed by atoms with Gasteiger partial charge in [0.15, 0.2) is 0 Å². The minimum Gasteiger partial charge on any atom is -0.332 e. The third kappa shape index (κ3) is 2.96. The number of H-pyrrole nitrogens is 1. The molecule has 124 valence electrons. The number of rotatable bonds is 2. The van der Waals surface area contributed by atoms with Crippen LogP contribution in [0.3, 0.4) is 0 Å². The number of nitrogens with zero attached hydrogens (tertiary/aromatic N) is 2. The lowest BCUT2D eigenvalue weighted by Crippen LogP contribution is -2.39. The van der Waals surface area contributed by atoms with Crippen molar-refractivity contribution in [2.45, 2.75) is 12.5 Å². The largest absolute Gasteiger partial charge is 0.332 e. The number of aromatic nitrogens is 2. The second-order valence-corrected chi connectivity index (χ2v) is 6.15. The van der Waals surface area contributed by atoms with Crippen molar-refractivity contribution in [2.24, 2.45) is 0 Å². The highest BCUT2D eigenvalue weighted by Gasteiger charge is 2.29. The highest BCUT2D eigenvalue weighted by atomic mass is 16.2. The molecule has 1 atom stereocenters. The van der Waals surface area contributed by atoms with Crippen LogP contribution in [-0.4, -0.2) is 27.5 Å². The summed E-state index contributed by atoms with van der Waals surface area (Å²) in [6.07, 6.45) is 0. The molecule has 2 aromatic carbocycles. The maximum Gasteiger partial charge on any atom is 0.274 e. The van der Waals surface area contributed by atoms with Gasteiger partial charge in [-0.25, -0.2) is 5.10 Å². The van der Waals surface area contributed by atoms with Crippen LogP contribution in [-0.2, 0) is 6.54 Å². The molecule has 1 N–H and O–H groups in total. The number of hydrogen-bond acceptors (Lipinski definition) is 3. The molecule has 1 aromatic heterocycles. The van der Waals surface area contributed by atoms with E-state index in [1.165, 1.54) is 23.3 Å². The summed E-state index contributed by atoms with van der Waals surface area (Å²) in [5.74, 6) is -0.0513. The van der Waals surface area contributed by atoms with E-state index in [9.17, 15) is 9.59 Å². The van der Waals surface area contributed by atoms with Crippen LogP contribution in [0.25, 0.3) is 0 Å². The van der Waals surface area contributed by atoms with Crippen molar-refractivity contribution in [1.82, 2.24) is 15.1 Å². The second-order valence-electron chi connectivity index (χ2n) is 6.15. The zero-order valence-corrected chi connectivity index (χ0v) is 13.6. The Hall–Kier alpha value is -3.21. The molecule has 4 rings (SSSR count). The van der Waals surface area contributed by atoms with E-state index in [1.807, 2.05) is 30.3 Å². The average molecular weight is 331 g/mol. The molecule has 1 aliphatic rings. The van der Waals surface area contributed by atoms with Crippen molar-refractivity contribution in [2.75, 3.05) is 6.54 Å². The van der Waals surface area contributed by atoms with E-state index in [0.717, 1.165) is 5.56 Å². The lowest BCUT2D eigenvalue weighted by Gasteiger charge is -2.34. The Morgan fingerprint density at radius 1 is 1.00 bits per heavy atom.